The minimum absolute atomic E-state index is 0.0802. The summed E-state index contributed by atoms with van der Waals surface area (Å²) in [6, 6.07) is 17.8. The van der Waals surface area contributed by atoms with Gasteiger partial charge in [-0.2, -0.15) is 0 Å². The smallest absolute Gasteiger partial charge is 0.195 e. The normalized spacial score (nSPS) is 11.8. The molecule has 0 radical (unpaired) electrons. The van der Waals surface area contributed by atoms with Gasteiger partial charge in [0.2, 0.25) is 0 Å². The van der Waals surface area contributed by atoms with Gasteiger partial charge < -0.3 is 0 Å². The van der Waals surface area contributed by atoms with E-state index in [1.54, 1.807) is 17.4 Å². The van der Waals surface area contributed by atoms with E-state index in [1.807, 2.05) is 43.3 Å². The Bertz CT molecular complexity index is 1430. The number of rotatable bonds is 0. The predicted octanol–water partition coefficient (Wildman–Crippen LogP) is 7.34. The Kier molecular flexibility index (Phi) is 3.51. The molecular formula is C22H12Cl2OS. The van der Waals surface area contributed by atoms with Crippen LogP contribution in [0, 0.1) is 6.92 Å². The maximum Gasteiger partial charge on any atom is 0.195 e. The van der Waals surface area contributed by atoms with Gasteiger partial charge in [-0.15, -0.1) is 11.3 Å². The number of fused-ring (bicyclic) bond motifs is 4. The number of halogens is 2. The highest BCUT2D eigenvalue weighted by Gasteiger charge is 2.10. The molecule has 0 atom stereocenters. The van der Waals surface area contributed by atoms with E-state index in [4.69, 9.17) is 23.2 Å². The fourth-order valence-corrected chi connectivity index (χ4v) is 5.01. The molecule has 1 nitrogen and oxygen atoms in total. The molecule has 0 bridgehead atoms. The molecule has 4 aromatic carbocycles. The van der Waals surface area contributed by atoms with Crippen LogP contribution in [0.2, 0.25) is 10.0 Å². The number of benzene rings is 4. The van der Waals surface area contributed by atoms with Crippen LogP contribution in [0.5, 0.6) is 0 Å². The first-order chi connectivity index (χ1) is 12.5. The van der Waals surface area contributed by atoms with Gasteiger partial charge >= 0.3 is 0 Å². The van der Waals surface area contributed by atoms with Crippen molar-refractivity contribution in [2.45, 2.75) is 6.92 Å². The van der Waals surface area contributed by atoms with Gasteiger partial charge in [-0.05, 0) is 66.2 Å². The van der Waals surface area contributed by atoms with Crippen LogP contribution in [0.25, 0.3) is 41.7 Å². The van der Waals surface area contributed by atoms with Crippen LogP contribution in [0.4, 0.5) is 0 Å². The molecule has 0 spiro atoms. The van der Waals surface area contributed by atoms with Gasteiger partial charge in [0, 0.05) is 41.0 Å². The van der Waals surface area contributed by atoms with E-state index < -0.39 is 0 Å². The van der Waals surface area contributed by atoms with Gasteiger partial charge in [0.1, 0.15) is 0 Å². The first-order valence-electron chi connectivity index (χ1n) is 8.20. The third-order valence-corrected chi connectivity index (χ3v) is 6.60. The van der Waals surface area contributed by atoms with E-state index in [1.165, 1.54) is 0 Å². The minimum Gasteiger partial charge on any atom is -0.289 e. The molecular weight excluding hydrogens is 383 g/mol. The van der Waals surface area contributed by atoms with E-state index in [-0.39, 0.29) is 5.43 Å². The highest BCUT2D eigenvalue weighted by atomic mass is 35.5. The average molecular weight is 395 g/mol. The molecule has 126 valence electrons. The quantitative estimate of drug-likeness (QED) is 0.251. The van der Waals surface area contributed by atoms with Gasteiger partial charge in [0.25, 0.3) is 0 Å². The van der Waals surface area contributed by atoms with Crippen molar-refractivity contribution in [1.82, 2.24) is 0 Å². The van der Waals surface area contributed by atoms with Crippen molar-refractivity contribution >= 4 is 76.3 Å². The fourth-order valence-electron chi connectivity index (χ4n) is 3.49. The van der Waals surface area contributed by atoms with Gasteiger partial charge in [-0.1, -0.05) is 34.8 Å². The van der Waals surface area contributed by atoms with Gasteiger partial charge in [-0.3, -0.25) is 4.79 Å². The lowest BCUT2D eigenvalue weighted by Crippen LogP contribution is -2.01. The Morgan fingerprint density at radius 1 is 0.692 bits per heavy atom. The Morgan fingerprint density at radius 3 is 1.96 bits per heavy atom. The van der Waals surface area contributed by atoms with Crippen LogP contribution < -0.4 is 5.43 Å². The van der Waals surface area contributed by atoms with E-state index in [2.05, 4.69) is 12.1 Å². The second kappa shape index (κ2) is 5.68. The Morgan fingerprint density at radius 2 is 1.27 bits per heavy atom. The van der Waals surface area contributed by atoms with Crippen molar-refractivity contribution in [2.24, 2.45) is 0 Å². The summed E-state index contributed by atoms with van der Waals surface area (Å²) in [5.74, 6) is 0. The minimum atomic E-state index is 0.0802. The summed E-state index contributed by atoms with van der Waals surface area (Å²) in [7, 11) is 0. The van der Waals surface area contributed by atoms with Crippen LogP contribution in [0.3, 0.4) is 0 Å². The largest absolute Gasteiger partial charge is 0.289 e. The van der Waals surface area contributed by atoms with Gasteiger partial charge in [0.15, 0.2) is 5.43 Å². The van der Waals surface area contributed by atoms with E-state index in [0.717, 1.165) is 47.3 Å². The molecule has 0 unspecified atom stereocenters. The molecule has 5 aromatic rings. The molecule has 5 rings (SSSR count). The standard InChI is InChI=1S/C22H12Cl2OS/c1-11-2-5-20-16(6-11)22(25)17-9-12-7-14-15(19(24)4-3-18(14)23)8-13(12)10-21(17)26-20/h2-10H,1H3. The molecule has 0 amide bonds. The zero-order valence-corrected chi connectivity index (χ0v) is 16.1. The molecule has 1 heterocycles. The summed E-state index contributed by atoms with van der Waals surface area (Å²) in [5.41, 5.74) is 1.17. The van der Waals surface area contributed by atoms with Crippen LogP contribution >= 0.6 is 34.5 Å². The number of aryl methyl sites for hydroxylation is 1. The Balaban J connectivity index is 1.97. The van der Waals surface area contributed by atoms with Crippen molar-refractivity contribution in [3.05, 3.63) is 80.4 Å². The summed E-state index contributed by atoms with van der Waals surface area (Å²) >= 11 is 14.4. The van der Waals surface area contributed by atoms with Crippen molar-refractivity contribution < 1.29 is 0 Å². The van der Waals surface area contributed by atoms with Crippen molar-refractivity contribution in [3.63, 3.8) is 0 Å². The zero-order chi connectivity index (χ0) is 18.0. The summed E-state index contributed by atoms with van der Waals surface area (Å²) < 4.78 is 1.99. The maximum atomic E-state index is 13.0. The maximum absolute atomic E-state index is 13.0. The second-order valence-electron chi connectivity index (χ2n) is 6.55. The molecule has 4 heteroatoms. The van der Waals surface area contributed by atoms with Gasteiger partial charge in [0.05, 0.1) is 0 Å². The topological polar surface area (TPSA) is 17.1 Å². The van der Waals surface area contributed by atoms with Crippen LogP contribution in [0.15, 0.2) is 59.4 Å². The molecule has 0 aliphatic carbocycles. The highest BCUT2D eigenvalue weighted by Crippen LogP contribution is 2.35. The lowest BCUT2D eigenvalue weighted by molar-refractivity contribution is 1.51. The lowest BCUT2D eigenvalue weighted by Gasteiger charge is -2.08. The molecule has 26 heavy (non-hydrogen) atoms. The molecule has 0 saturated carbocycles. The summed E-state index contributed by atoms with van der Waals surface area (Å²) in [5, 5.41) is 6.73. The molecule has 0 saturated heterocycles. The number of hydrogen-bond donors (Lipinski definition) is 0. The zero-order valence-electron chi connectivity index (χ0n) is 13.8. The summed E-state index contributed by atoms with van der Waals surface area (Å²) in [6.45, 7) is 2.01. The van der Waals surface area contributed by atoms with E-state index in [9.17, 15) is 4.79 Å². The monoisotopic (exact) mass is 394 g/mol. The predicted molar refractivity (Wildman–Crippen MR) is 115 cm³/mol. The van der Waals surface area contributed by atoms with Crippen LogP contribution in [-0.4, -0.2) is 0 Å². The third-order valence-electron chi connectivity index (χ3n) is 4.81. The average Bonchev–Trinajstić information content (AvgIpc) is 2.63. The fraction of sp³-hybridized carbons (Fsp3) is 0.0455. The van der Waals surface area contributed by atoms with E-state index in [0.29, 0.717) is 10.0 Å². The molecule has 0 aliphatic rings. The van der Waals surface area contributed by atoms with Crippen molar-refractivity contribution in [1.29, 1.82) is 0 Å². The lowest BCUT2D eigenvalue weighted by atomic mass is 10.0. The Hall–Kier alpha value is -2.13. The van der Waals surface area contributed by atoms with Gasteiger partial charge in [-0.25, -0.2) is 0 Å². The van der Waals surface area contributed by atoms with Crippen LogP contribution in [-0.2, 0) is 0 Å². The highest BCUT2D eigenvalue weighted by molar-refractivity contribution is 7.24. The third kappa shape index (κ3) is 2.34. The Labute approximate surface area is 163 Å². The SMILES string of the molecule is Cc1ccc2sc3cc4cc5c(Cl)ccc(Cl)c5cc4cc3c(=O)c2c1. The van der Waals surface area contributed by atoms with E-state index >= 15 is 0 Å². The van der Waals surface area contributed by atoms with Crippen LogP contribution in [0.1, 0.15) is 5.56 Å². The molecule has 0 aliphatic heterocycles. The first-order valence-corrected chi connectivity index (χ1v) is 9.77. The summed E-state index contributed by atoms with van der Waals surface area (Å²) in [6.07, 6.45) is 0. The first kappa shape index (κ1) is 16.1. The summed E-state index contributed by atoms with van der Waals surface area (Å²) in [4.78, 5) is 13.0. The molecule has 0 N–H and O–H groups in total. The van der Waals surface area contributed by atoms with Crippen molar-refractivity contribution in [3.8, 4) is 0 Å². The number of hydrogen-bond acceptors (Lipinski definition) is 2. The molecule has 1 aromatic heterocycles. The second-order valence-corrected chi connectivity index (χ2v) is 8.45. The molecule has 0 fully saturated rings. The van der Waals surface area contributed by atoms with Crippen molar-refractivity contribution in [2.75, 3.05) is 0 Å².